The highest BCUT2D eigenvalue weighted by molar-refractivity contribution is 5.50. The number of nitriles is 1. The normalized spacial score (nSPS) is 10.3. The van der Waals surface area contributed by atoms with Crippen LogP contribution in [-0.2, 0) is 0 Å². The number of nitrogen functional groups attached to an aromatic ring is 1. The van der Waals surface area contributed by atoms with E-state index in [-0.39, 0.29) is 28.3 Å². The second-order valence-corrected chi connectivity index (χ2v) is 3.95. The van der Waals surface area contributed by atoms with Gasteiger partial charge in [0.25, 0.3) is 6.43 Å². The molecule has 0 aliphatic rings. The molecular formula is C14H9F3N2O. The van der Waals surface area contributed by atoms with Gasteiger partial charge in [0, 0.05) is 11.8 Å². The molecule has 0 bridgehead atoms. The lowest BCUT2D eigenvalue weighted by Crippen LogP contribution is -1.95. The molecule has 0 saturated carbocycles. The van der Waals surface area contributed by atoms with E-state index in [4.69, 9.17) is 15.7 Å². The zero-order valence-corrected chi connectivity index (χ0v) is 10.1. The molecule has 0 aromatic heterocycles. The maximum absolute atomic E-state index is 13.4. The summed E-state index contributed by atoms with van der Waals surface area (Å²) in [4.78, 5) is 0. The van der Waals surface area contributed by atoms with E-state index in [1.54, 1.807) is 6.07 Å². The highest BCUT2D eigenvalue weighted by Gasteiger charge is 2.15. The van der Waals surface area contributed by atoms with Gasteiger partial charge in [-0.05, 0) is 30.3 Å². The van der Waals surface area contributed by atoms with Gasteiger partial charge < -0.3 is 10.5 Å². The van der Waals surface area contributed by atoms with Crippen LogP contribution in [0, 0.1) is 17.1 Å². The van der Waals surface area contributed by atoms with Crippen LogP contribution in [0.25, 0.3) is 0 Å². The Morgan fingerprint density at radius 2 is 1.90 bits per heavy atom. The summed E-state index contributed by atoms with van der Waals surface area (Å²) in [6.07, 6.45) is -2.77. The summed E-state index contributed by atoms with van der Waals surface area (Å²) in [6.45, 7) is 0. The van der Waals surface area contributed by atoms with E-state index in [0.717, 1.165) is 12.1 Å². The van der Waals surface area contributed by atoms with Gasteiger partial charge in [-0.1, -0.05) is 0 Å². The molecule has 6 heteroatoms. The van der Waals surface area contributed by atoms with Crippen molar-refractivity contribution in [3.05, 3.63) is 53.3 Å². The second-order valence-electron chi connectivity index (χ2n) is 3.95. The van der Waals surface area contributed by atoms with Crippen molar-refractivity contribution >= 4 is 5.69 Å². The van der Waals surface area contributed by atoms with Crippen molar-refractivity contribution in [1.29, 1.82) is 5.26 Å². The predicted molar refractivity (Wildman–Crippen MR) is 67.0 cm³/mol. The number of benzene rings is 2. The van der Waals surface area contributed by atoms with Crippen LogP contribution in [-0.4, -0.2) is 0 Å². The predicted octanol–water partition coefficient (Wildman–Crippen LogP) is 4.01. The lowest BCUT2D eigenvalue weighted by atomic mass is 10.2. The maximum atomic E-state index is 13.4. The summed E-state index contributed by atoms with van der Waals surface area (Å²) in [5.74, 6) is -0.870. The molecule has 0 heterocycles. The Morgan fingerprint density at radius 3 is 2.50 bits per heavy atom. The highest BCUT2D eigenvalue weighted by atomic mass is 19.3. The molecule has 2 rings (SSSR count). The molecule has 2 aromatic carbocycles. The fraction of sp³-hybridized carbons (Fsp3) is 0.0714. The standard InChI is InChI=1S/C14H9F3N2O/c15-12-6-10(3-1-8(12)7-18)20-13-4-2-9(19)5-11(13)14(16)17/h1-6,14H,19H2. The van der Waals surface area contributed by atoms with Crippen LogP contribution >= 0.6 is 0 Å². The van der Waals surface area contributed by atoms with Gasteiger partial charge in [0.05, 0.1) is 11.1 Å². The molecule has 0 atom stereocenters. The van der Waals surface area contributed by atoms with Crippen LogP contribution in [0.3, 0.4) is 0 Å². The highest BCUT2D eigenvalue weighted by Crippen LogP contribution is 2.34. The lowest BCUT2D eigenvalue weighted by molar-refractivity contribution is 0.148. The van der Waals surface area contributed by atoms with Gasteiger partial charge in [-0.2, -0.15) is 5.26 Å². The number of rotatable bonds is 3. The van der Waals surface area contributed by atoms with Crippen molar-refractivity contribution in [2.24, 2.45) is 0 Å². The monoisotopic (exact) mass is 278 g/mol. The van der Waals surface area contributed by atoms with E-state index in [0.29, 0.717) is 0 Å². The Kier molecular flexibility index (Phi) is 3.80. The number of alkyl halides is 2. The van der Waals surface area contributed by atoms with Crippen LogP contribution in [0.5, 0.6) is 11.5 Å². The number of hydrogen-bond acceptors (Lipinski definition) is 3. The molecule has 0 radical (unpaired) electrons. The topological polar surface area (TPSA) is 59.0 Å². The van der Waals surface area contributed by atoms with Gasteiger partial charge in [-0.25, -0.2) is 13.2 Å². The van der Waals surface area contributed by atoms with Gasteiger partial charge in [0.1, 0.15) is 23.4 Å². The summed E-state index contributed by atoms with van der Waals surface area (Å²) in [7, 11) is 0. The Balaban J connectivity index is 2.35. The van der Waals surface area contributed by atoms with Crippen molar-refractivity contribution in [2.75, 3.05) is 5.73 Å². The molecule has 3 nitrogen and oxygen atoms in total. The molecule has 0 amide bonds. The largest absolute Gasteiger partial charge is 0.457 e. The molecule has 0 spiro atoms. The molecule has 0 unspecified atom stereocenters. The minimum Gasteiger partial charge on any atom is -0.457 e. The lowest BCUT2D eigenvalue weighted by Gasteiger charge is -2.11. The summed E-state index contributed by atoms with van der Waals surface area (Å²) < 4.78 is 44.3. The fourth-order valence-electron chi connectivity index (χ4n) is 1.61. The third kappa shape index (κ3) is 2.83. The summed E-state index contributed by atoms with van der Waals surface area (Å²) in [6, 6.07) is 8.94. The van der Waals surface area contributed by atoms with Crippen molar-refractivity contribution in [3.63, 3.8) is 0 Å². The number of hydrogen-bond donors (Lipinski definition) is 1. The van der Waals surface area contributed by atoms with Gasteiger partial charge in [-0.3, -0.25) is 0 Å². The number of nitrogens with two attached hydrogens (primary N) is 1. The zero-order valence-electron chi connectivity index (χ0n) is 10.1. The molecule has 2 N–H and O–H groups in total. The molecule has 0 fully saturated rings. The van der Waals surface area contributed by atoms with E-state index >= 15 is 0 Å². The molecule has 2 aromatic rings. The van der Waals surface area contributed by atoms with E-state index in [2.05, 4.69) is 0 Å². The first-order valence-electron chi connectivity index (χ1n) is 5.56. The summed E-state index contributed by atoms with van der Waals surface area (Å²) in [5.41, 5.74) is 5.09. The Morgan fingerprint density at radius 1 is 1.15 bits per heavy atom. The number of halogens is 3. The van der Waals surface area contributed by atoms with Gasteiger partial charge in [0.2, 0.25) is 0 Å². The average Bonchev–Trinajstić information content (AvgIpc) is 2.41. The second kappa shape index (κ2) is 5.53. The van der Waals surface area contributed by atoms with Crippen molar-refractivity contribution < 1.29 is 17.9 Å². The SMILES string of the molecule is N#Cc1ccc(Oc2ccc(N)cc2C(F)F)cc1F. The summed E-state index contributed by atoms with van der Waals surface area (Å²) in [5, 5.41) is 8.60. The maximum Gasteiger partial charge on any atom is 0.267 e. The van der Waals surface area contributed by atoms with Crippen LogP contribution < -0.4 is 10.5 Å². The van der Waals surface area contributed by atoms with Crippen LogP contribution in [0.2, 0.25) is 0 Å². The Hall–Kier alpha value is -2.68. The molecule has 0 aliphatic heterocycles. The molecule has 102 valence electrons. The molecular weight excluding hydrogens is 269 g/mol. The van der Waals surface area contributed by atoms with Gasteiger partial charge in [-0.15, -0.1) is 0 Å². The third-order valence-corrected chi connectivity index (χ3v) is 2.56. The van der Waals surface area contributed by atoms with Crippen molar-refractivity contribution in [2.45, 2.75) is 6.43 Å². The van der Waals surface area contributed by atoms with Crippen molar-refractivity contribution in [1.82, 2.24) is 0 Å². The van der Waals surface area contributed by atoms with E-state index in [1.807, 2.05) is 0 Å². The number of nitrogens with zero attached hydrogens (tertiary/aromatic N) is 1. The zero-order chi connectivity index (χ0) is 14.7. The minimum absolute atomic E-state index is 0.0215. The average molecular weight is 278 g/mol. The molecule has 20 heavy (non-hydrogen) atoms. The Labute approximate surface area is 113 Å². The van der Waals surface area contributed by atoms with Crippen LogP contribution in [0.4, 0.5) is 18.9 Å². The smallest absolute Gasteiger partial charge is 0.267 e. The molecule has 0 saturated heterocycles. The van der Waals surface area contributed by atoms with Gasteiger partial charge in [0.15, 0.2) is 0 Å². The van der Waals surface area contributed by atoms with E-state index in [9.17, 15) is 13.2 Å². The first-order valence-corrected chi connectivity index (χ1v) is 5.56. The first-order chi connectivity index (χ1) is 9.51. The van der Waals surface area contributed by atoms with Gasteiger partial charge >= 0.3 is 0 Å². The Bertz CT molecular complexity index is 681. The summed E-state index contributed by atoms with van der Waals surface area (Å²) >= 11 is 0. The van der Waals surface area contributed by atoms with Crippen LogP contribution in [0.15, 0.2) is 36.4 Å². The minimum atomic E-state index is -2.77. The van der Waals surface area contributed by atoms with E-state index in [1.165, 1.54) is 24.3 Å². The fourth-order valence-corrected chi connectivity index (χ4v) is 1.61. The third-order valence-electron chi connectivity index (χ3n) is 2.56. The molecule has 0 aliphatic carbocycles. The number of anilines is 1. The number of ether oxygens (including phenoxy) is 1. The first kappa shape index (κ1) is 13.7. The van der Waals surface area contributed by atoms with E-state index < -0.39 is 12.2 Å². The quantitative estimate of drug-likeness (QED) is 0.863. The van der Waals surface area contributed by atoms with Crippen molar-refractivity contribution in [3.8, 4) is 17.6 Å². The van der Waals surface area contributed by atoms with Crippen LogP contribution in [0.1, 0.15) is 17.6 Å².